The highest BCUT2D eigenvalue weighted by atomic mass is 32.1. The van der Waals surface area contributed by atoms with Gasteiger partial charge in [0.05, 0.1) is 22.4 Å². The second-order valence-corrected chi connectivity index (χ2v) is 16.0. The Hall–Kier alpha value is -7.20. The molecule has 3 heteroatoms. The zero-order valence-corrected chi connectivity index (χ0v) is 31.7. The van der Waals surface area contributed by atoms with E-state index in [2.05, 4.69) is 216 Å². The predicted octanol–water partition coefficient (Wildman–Crippen LogP) is 15.7. The Morgan fingerprint density at radius 3 is 1.95 bits per heavy atom. The van der Waals surface area contributed by atoms with Gasteiger partial charge in [-0.1, -0.05) is 146 Å². The maximum Gasteiger partial charge on any atom is 0.0782 e. The Bertz CT molecular complexity index is 3530. The van der Waals surface area contributed by atoms with Crippen molar-refractivity contribution in [2.24, 2.45) is 0 Å². The minimum absolute atomic E-state index is 1.12. The number of hydrogen-bond donors (Lipinski definition) is 0. The van der Waals surface area contributed by atoms with Crippen LogP contribution in [0, 0.1) is 0 Å². The number of nitrogens with zero attached hydrogens (tertiary/aromatic N) is 2. The van der Waals surface area contributed by atoms with E-state index in [4.69, 9.17) is 0 Å². The summed E-state index contributed by atoms with van der Waals surface area (Å²) < 4.78 is 5.02. The maximum absolute atomic E-state index is 2.50. The van der Waals surface area contributed by atoms with E-state index < -0.39 is 0 Å². The fourth-order valence-corrected chi connectivity index (χ4v) is 10.3. The van der Waals surface area contributed by atoms with Crippen LogP contribution in [0.25, 0.3) is 91.1 Å². The molecule has 0 aliphatic heterocycles. The molecule has 2 nitrogen and oxygen atoms in total. The Balaban J connectivity index is 1.14. The number of anilines is 3. The van der Waals surface area contributed by atoms with E-state index in [0.29, 0.717) is 0 Å². The molecule has 0 spiro atoms. The van der Waals surface area contributed by atoms with E-state index in [1.165, 1.54) is 85.4 Å². The maximum atomic E-state index is 2.50. The predicted molar refractivity (Wildman–Crippen MR) is 246 cm³/mol. The lowest BCUT2D eigenvalue weighted by atomic mass is 9.95. The molecule has 0 bridgehead atoms. The van der Waals surface area contributed by atoms with Crippen LogP contribution in [0.3, 0.4) is 0 Å². The molecule has 0 fully saturated rings. The quantitative estimate of drug-likeness (QED) is 0.159. The van der Waals surface area contributed by atoms with Gasteiger partial charge in [0.25, 0.3) is 0 Å². The summed E-state index contributed by atoms with van der Waals surface area (Å²) >= 11 is 1.87. The van der Waals surface area contributed by atoms with Crippen LogP contribution in [0.15, 0.2) is 206 Å². The number of para-hydroxylation sites is 3. The van der Waals surface area contributed by atoms with Gasteiger partial charge in [-0.25, -0.2) is 0 Å². The number of rotatable bonds is 5. The summed E-state index contributed by atoms with van der Waals surface area (Å²) in [5, 5.41) is 12.6. The Labute approximate surface area is 333 Å². The molecule has 0 saturated carbocycles. The fourth-order valence-electron chi connectivity index (χ4n) is 9.21. The summed E-state index contributed by atoms with van der Waals surface area (Å²) in [6.45, 7) is 0. The van der Waals surface area contributed by atoms with Gasteiger partial charge in [-0.05, 0) is 98.7 Å². The van der Waals surface area contributed by atoms with Crippen LogP contribution in [0.5, 0.6) is 0 Å². The monoisotopic (exact) mass is 742 g/mol. The van der Waals surface area contributed by atoms with Gasteiger partial charge in [0.2, 0.25) is 0 Å². The third-order valence-electron chi connectivity index (χ3n) is 11.7. The van der Waals surface area contributed by atoms with E-state index in [0.717, 1.165) is 22.7 Å². The zero-order chi connectivity index (χ0) is 37.5. The molecule has 0 aliphatic carbocycles. The van der Waals surface area contributed by atoms with Crippen molar-refractivity contribution >= 4 is 103 Å². The van der Waals surface area contributed by atoms with E-state index in [1.807, 2.05) is 11.3 Å². The molecule has 12 aromatic rings. The van der Waals surface area contributed by atoms with Crippen LogP contribution in [0.4, 0.5) is 17.1 Å². The molecule has 10 aromatic carbocycles. The van der Waals surface area contributed by atoms with Gasteiger partial charge in [-0.15, -0.1) is 11.3 Å². The lowest BCUT2D eigenvalue weighted by Crippen LogP contribution is -2.12. The van der Waals surface area contributed by atoms with Crippen LogP contribution in [0.2, 0.25) is 0 Å². The van der Waals surface area contributed by atoms with E-state index >= 15 is 0 Å². The SMILES string of the molecule is c1ccc(-n2c3ccccc3c3cccc(N(c4ccc5sc6cccc(-c7ccc8c(ccc9ccccc98)c7)c6c5c4)c4cccc5ccccc45)c32)cc1. The molecule has 0 aliphatic rings. The molecular formula is C54H34N2S. The molecule has 57 heavy (non-hydrogen) atoms. The van der Waals surface area contributed by atoms with Crippen LogP contribution in [-0.4, -0.2) is 4.57 Å². The molecule has 12 rings (SSSR count). The lowest BCUT2D eigenvalue weighted by Gasteiger charge is -2.28. The minimum atomic E-state index is 1.12. The Morgan fingerprint density at radius 2 is 1.05 bits per heavy atom. The highest BCUT2D eigenvalue weighted by Crippen LogP contribution is 2.48. The number of benzene rings is 10. The first-order valence-corrected chi connectivity index (χ1v) is 20.3. The van der Waals surface area contributed by atoms with Crippen molar-refractivity contribution < 1.29 is 0 Å². The summed E-state index contributed by atoms with van der Waals surface area (Å²) in [5.41, 5.74) is 9.40. The molecule has 0 radical (unpaired) electrons. The summed E-state index contributed by atoms with van der Waals surface area (Å²) in [4.78, 5) is 2.50. The summed E-state index contributed by atoms with van der Waals surface area (Å²) in [6.07, 6.45) is 0. The summed E-state index contributed by atoms with van der Waals surface area (Å²) in [7, 11) is 0. The third kappa shape index (κ3) is 4.96. The summed E-state index contributed by atoms with van der Waals surface area (Å²) in [5.74, 6) is 0. The van der Waals surface area contributed by atoms with Crippen molar-refractivity contribution in [1.82, 2.24) is 4.57 Å². The van der Waals surface area contributed by atoms with Crippen LogP contribution in [-0.2, 0) is 0 Å². The smallest absolute Gasteiger partial charge is 0.0782 e. The van der Waals surface area contributed by atoms with Gasteiger partial charge in [0.1, 0.15) is 0 Å². The van der Waals surface area contributed by atoms with Crippen molar-refractivity contribution in [3.8, 4) is 16.8 Å². The van der Waals surface area contributed by atoms with Gasteiger partial charge in [0.15, 0.2) is 0 Å². The molecule has 266 valence electrons. The van der Waals surface area contributed by atoms with Crippen molar-refractivity contribution in [2.75, 3.05) is 4.90 Å². The molecule has 0 saturated heterocycles. The first-order chi connectivity index (χ1) is 28.3. The molecule has 0 N–H and O–H groups in total. The van der Waals surface area contributed by atoms with Gasteiger partial charge in [-0.2, -0.15) is 0 Å². The Morgan fingerprint density at radius 1 is 0.386 bits per heavy atom. The second-order valence-electron chi connectivity index (χ2n) is 14.9. The molecule has 0 atom stereocenters. The Kier molecular flexibility index (Phi) is 7.13. The summed E-state index contributed by atoms with van der Waals surface area (Å²) in [6, 6.07) is 75.8. The number of aromatic nitrogens is 1. The van der Waals surface area contributed by atoms with Crippen LogP contribution in [0.1, 0.15) is 0 Å². The fraction of sp³-hybridized carbons (Fsp3) is 0. The van der Waals surface area contributed by atoms with E-state index in [-0.39, 0.29) is 0 Å². The first kappa shape index (κ1) is 32.1. The van der Waals surface area contributed by atoms with Gasteiger partial charge in [0, 0.05) is 47.7 Å². The van der Waals surface area contributed by atoms with Gasteiger partial charge in [-0.3, -0.25) is 0 Å². The molecule has 0 amide bonds. The number of thiophene rings is 1. The zero-order valence-electron chi connectivity index (χ0n) is 30.9. The average molecular weight is 743 g/mol. The van der Waals surface area contributed by atoms with E-state index in [1.54, 1.807) is 0 Å². The van der Waals surface area contributed by atoms with Crippen molar-refractivity contribution in [2.45, 2.75) is 0 Å². The van der Waals surface area contributed by atoms with Gasteiger partial charge < -0.3 is 9.47 Å². The van der Waals surface area contributed by atoms with Gasteiger partial charge >= 0.3 is 0 Å². The average Bonchev–Trinajstić information content (AvgIpc) is 3.83. The van der Waals surface area contributed by atoms with E-state index in [9.17, 15) is 0 Å². The largest absolute Gasteiger partial charge is 0.308 e. The second kappa shape index (κ2) is 12.7. The highest BCUT2D eigenvalue weighted by molar-refractivity contribution is 7.26. The third-order valence-corrected chi connectivity index (χ3v) is 12.9. The molecule has 0 unspecified atom stereocenters. The molecular weight excluding hydrogens is 709 g/mol. The highest BCUT2D eigenvalue weighted by Gasteiger charge is 2.23. The number of hydrogen-bond acceptors (Lipinski definition) is 2. The first-order valence-electron chi connectivity index (χ1n) is 19.5. The normalized spacial score (nSPS) is 11.9. The van der Waals surface area contributed by atoms with Crippen molar-refractivity contribution in [3.05, 3.63) is 206 Å². The minimum Gasteiger partial charge on any atom is -0.308 e. The standard InChI is InChI=1S/C54H34N2S/c1-2-16-39(17-3-1)56-49-23-9-8-20-45(49)46-22-11-25-50(54(46)56)55(48-24-10-15-35-13-5-7-19-43(35)48)40-30-32-51-47(34-40)53-44(21-12-26-52(53)57-51)38-29-31-42-37(33-38)28-27-36-14-4-6-18-41(36)42/h1-34H. The molecule has 2 aromatic heterocycles. The lowest BCUT2D eigenvalue weighted by molar-refractivity contribution is 1.17. The van der Waals surface area contributed by atoms with Crippen molar-refractivity contribution in [3.63, 3.8) is 0 Å². The van der Waals surface area contributed by atoms with Crippen LogP contribution < -0.4 is 4.90 Å². The molecule has 2 heterocycles. The van der Waals surface area contributed by atoms with Crippen molar-refractivity contribution in [1.29, 1.82) is 0 Å². The topological polar surface area (TPSA) is 8.17 Å². The number of fused-ring (bicyclic) bond motifs is 10. The van der Waals surface area contributed by atoms with Crippen LogP contribution >= 0.6 is 11.3 Å².